The number of para-hydroxylation sites is 2. The number of anilines is 3. The molecule has 0 aliphatic carbocycles. The van der Waals surface area contributed by atoms with Crippen molar-refractivity contribution < 1.29 is 9.59 Å². The Hall–Kier alpha value is -3.39. The highest BCUT2D eigenvalue weighted by Gasteiger charge is 2.26. The van der Waals surface area contributed by atoms with Crippen LogP contribution in [0.5, 0.6) is 0 Å². The first kappa shape index (κ1) is 19.9. The summed E-state index contributed by atoms with van der Waals surface area (Å²) in [6, 6.07) is 14.7. The summed E-state index contributed by atoms with van der Waals surface area (Å²) in [6.07, 6.45) is 0.631. The van der Waals surface area contributed by atoms with Gasteiger partial charge in [-0.15, -0.1) is 11.3 Å². The van der Waals surface area contributed by atoms with Crippen molar-refractivity contribution in [3.63, 3.8) is 0 Å². The molecule has 0 atom stereocenters. The third-order valence-corrected chi connectivity index (χ3v) is 6.11. The van der Waals surface area contributed by atoms with E-state index in [-0.39, 0.29) is 11.8 Å². The van der Waals surface area contributed by atoms with Crippen LogP contribution < -0.4 is 16.0 Å². The lowest BCUT2D eigenvalue weighted by molar-refractivity contribution is 0.0736. The van der Waals surface area contributed by atoms with Crippen molar-refractivity contribution in [3.05, 3.63) is 69.7 Å². The highest BCUT2D eigenvalue weighted by Crippen LogP contribution is 2.28. The van der Waals surface area contributed by atoms with E-state index in [4.69, 9.17) is 5.73 Å². The number of hydrogen-bond acceptors (Lipinski definition) is 6. The van der Waals surface area contributed by atoms with Gasteiger partial charge >= 0.3 is 0 Å². The topological polar surface area (TPSA) is 91.6 Å². The molecule has 4 rings (SSSR count). The average molecular weight is 422 g/mol. The van der Waals surface area contributed by atoms with Crippen molar-refractivity contribution >= 4 is 40.2 Å². The molecule has 2 aromatic carbocycles. The molecule has 0 spiro atoms. The maximum atomic E-state index is 13.0. The van der Waals surface area contributed by atoms with Gasteiger partial charge in [-0.05, 0) is 30.3 Å². The molecule has 2 heterocycles. The highest BCUT2D eigenvalue weighted by molar-refractivity contribution is 7.13. The fourth-order valence-corrected chi connectivity index (χ4v) is 4.37. The first-order valence-electron chi connectivity index (χ1n) is 9.63. The molecule has 0 saturated carbocycles. The molecule has 0 fully saturated rings. The van der Waals surface area contributed by atoms with Crippen LogP contribution in [-0.4, -0.2) is 42.3 Å². The summed E-state index contributed by atoms with van der Waals surface area (Å²) in [6.45, 7) is 1.03. The Morgan fingerprint density at radius 3 is 2.73 bits per heavy atom. The molecule has 154 valence electrons. The molecule has 0 unspecified atom stereocenters. The van der Waals surface area contributed by atoms with Crippen LogP contribution in [0.4, 0.5) is 17.1 Å². The van der Waals surface area contributed by atoms with Gasteiger partial charge in [-0.1, -0.05) is 18.2 Å². The molecule has 7 nitrogen and oxygen atoms in total. The van der Waals surface area contributed by atoms with E-state index in [1.165, 1.54) is 11.3 Å². The molecule has 0 bridgehead atoms. The molecule has 1 aromatic heterocycles. The number of hydrogen-bond donors (Lipinski definition) is 2. The van der Waals surface area contributed by atoms with Crippen molar-refractivity contribution in [3.8, 4) is 0 Å². The van der Waals surface area contributed by atoms with Gasteiger partial charge in [0.15, 0.2) is 5.01 Å². The third-order valence-electron chi connectivity index (χ3n) is 5.03. The van der Waals surface area contributed by atoms with Crippen LogP contribution in [0.3, 0.4) is 0 Å². The summed E-state index contributed by atoms with van der Waals surface area (Å²) in [5.41, 5.74) is 9.50. The molecule has 0 saturated heterocycles. The Kier molecular flexibility index (Phi) is 5.41. The Bertz CT molecular complexity index is 1110. The predicted octanol–water partition coefficient (Wildman–Crippen LogP) is 3.24. The van der Waals surface area contributed by atoms with Crippen molar-refractivity contribution in [2.75, 3.05) is 36.6 Å². The van der Waals surface area contributed by atoms with Gasteiger partial charge < -0.3 is 20.9 Å². The molecular formula is C22H23N5O2S. The van der Waals surface area contributed by atoms with Crippen LogP contribution in [0, 0.1) is 0 Å². The lowest BCUT2D eigenvalue weighted by atomic mass is 10.1. The second kappa shape index (κ2) is 8.16. The minimum atomic E-state index is -0.288. The summed E-state index contributed by atoms with van der Waals surface area (Å²) in [5, 5.41) is 3.19. The predicted molar refractivity (Wildman–Crippen MR) is 120 cm³/mol. The number of amides is 2. The average Bonchev–Trinajstić information content (AvgIpc) is 3.18. The van der Waals surface area contributed by atoms with Gasteiger partial charge in [0.05, 0.1) is 23.6 Å². The van der Waals surface area contributed by atoms with Crippen molar-refractivity contribution in [1.29, 1.82) is 0 Å². The van der Waals surface area contributed by atoms with Crippen molar-refractivity contribution in [2.24, 2.45) is 0 Å². The number of nitrogen functional groups attached to an aromatic ring is 1. The minimum Gasteiger partial charge on any atom is -0.397 e. The van der Waals surface area contributed by atoms with E-state index in [0.717, 1.165) is 16.3 Å². The first-order valence-corrected chi connectivity index (χ1v) is 10.4. The Balaban J connectivity index is 1.49. The van der Waals surface area contributed by atoms with Crippen molar-refractivity contribution in [1.82, 2.24) is 9.88 Å². The quantitative estimate of drug-likeness (QED) is 0.631. The van der Waals surface area contributed by atoms with Crippen LogP contribution >= 0.6 is 11.3 Å². The Labute approximate surface area is 179 Å². The maximum Gasteiger partial charge on any atom is 0.284 e. The van der Waals surface area contributed by atoms with E-state index in [0.29, 0.717) is 41.5 Å². The summed E-state index contributed by atoms with van der Waals surface area (Å²) in [5.74, 6) is -0.301. The van der Waals surface area contributed by atoms with Gasteiger partial charge in [0.25, 0.3) is 11.8 Å². The van der Waals surface area contributed by atoms with Gasteiger partial charge in [-0.2, -0.15) is 0 Å². The van der Waals surface area contributed by atoms with Gasteiger partial charge in [-0.3, -0.25) is 9.59 Å². The number of aromatic nitrogens is 1. The SMILES string of the molecule is CN(C)c1cccc(C(=O)N2CCc3nc(C(=O)Nc4ccccc4N)sc3C2)c1. The molecule has 8 heteroatoms. The summed E-state index contributed by atoms with van der Waals surface area (Å²) >= 11 is 1.33. The molecule has 0 radical (unpaired) electrons. The van der Waals surface area contributed by atoms with Crippen LogP contribution in [0.15, 0.2) is 48.5 Å². The molecular weight excluding hydrogens is 398 g/mol. The van der Waals surface area contributed by atoms with Crippen LogP contribution in [0.2, 0.25) is 0 Å². The number of rotatable bonds is 4. The van der Waals surface area contributed by atoms with E-state index < -0.39 is 0 Å². The van der Waals surface area contributed by atoms with Gasteiger partial charge in [0.2, 0.25) is 0 Å². The number of thiazole rings is 1. The fraction of sp³-hybridized carbons (Fsp3) is 0.227. The second-order valence-corrected chi connectivity index (χ2v) is 8.44. The second-order valence-electron chi connectivity index (χ2n) is 7.35. The summed E-state index contributed by atoms with van der Waals surface area (Å²) < 4.78 is 0. The highest BCUT2D eigenvalue weighted by atomic mass is 32.1. The summed E-state index contributed by atoms with van der Waals surface area (Å²) in [4.78, 5) is 34.9. The zero-order chi connectivity index (χ0) is 21.3. The Morgan fingerprint density at radius 1 is 1.17 bits per heavy atom. The lowest BCUT2D eigenvalue weighted by Gasteiger charge is -2.26. The maximum absolute atomic E-state index is 13.0. The number of nitrogens with two attached hydrogens (primary N) is 1. The van der Waals surface area contributed by atoms with Crippen LogP contribution in [0.25, 0.3) is 0 Å². The van der Waals surface area contributed by atoms with Gasteiger partial charge in [-0.25, -0.2) is 4.98 Å². The number of fused-ring (bicyclic) bond motifs is 1. The molecule has 1 aliphatic heterocycles. The number of benzene rings is 2. The monoisotopic (exact) mass is 421 g/mol. The number of nitrogens with one attached hydrogen (secondary N) is 1. The van der Waals surface area contributed by atoms with E-state index in [1.54, 1.807) is 12.1 Å². The fourth-order valence-electron chi connectivity index (χ4n) is 3.35. The first-order chi connectivity index (χ1) is 14.4. The summed E-state index contributed by atoms with van der Waals surface area (Å²) in [7, 11) is 3.90. The largest absolute Gasteiger partial charge is 0.397 e. The van der Waals surface area contributed by atoms with E-state index in [2.05, 4.69) is 10.3 Å². The molecule has 2 amide bonds. The number of nitrogens with zero attached hydrogens (tertiary/aromatic N) is 3. The van der Waals surface area contributed by atoms with E-state index in [1.807, 2.05) is 60.3 Å². The Morgan fingerprint density at radius 2 is 1.97 bits per heavy atom. The van der Waals surface area contributed by atoms with Crippen LogP contribution in [-0.2, 0) is 13.0 Å². The third kappa shape index (κ3) is 3.99. The zero-order valence-corrected chi connectivity index (χ0v) is 17.7. The van der Waals surface area contributed by atoms with E-state index >= 15 is 0 Å². The molecule has 30 heavy (non-hydrogen) atoms. The lowest BCUT2D eigenvalue weighted by Crippen LogP contribution is -2.35. The zero-order valence-electron chi connectivity index (χ0n) is 16.9. The minimum absolute atomic E-state index is 0.0131. The van der Waals surface area contributed by atoms with E-state index in [9.17, 15) is 9.59 Å². The molecule has 3 aromatic rings. The molecule has 3 N–H and O–H groups in total. The number of carbonyl (C=O) groups excluding carboxylic acids is 2. The number of carbonyl (C=O) groups is 2. The van der Waals surface area contributed by atoms with Gasteiger partial charge in [0.1, 0.15) is 0 Å². The normalized spacial score (nSPS) is 12.9. The standard InChI is InChI=1S/C22H23N5O2S/c1-26(2)15-7-5-6-14(12-15)22(29)27-11-10-18-19(13-27)30-21(25-18)20(28)24-17-9-4-3-8-16(17)23/h3-9,12H,10-11,13,23H2,1-2H3,(H,24,28). The van der Waals surface area contributed by atoms with Crippen molar-refractivity contribution in [2.45, 2.75) is 13.0 Å². The van der Waals surface area contributed by atoms with Crippen LogP contribution in [0.1, 0.15) is 30.7 Å². The molecule has 1 aliphatic rings. The smallest absolute Gasteiger partial charge is 0.284 e. The van der Waals surface area contributed by atoms with Gasteiger partial charge in [0, 0.05) is 43.2 Å².